The maximum Gasteiger partial charge on any atom is 0.306 e. The molecule has 0 saturated carbocycles. The van der Waals surface area contributed by atoms with Crippen LogP contribution in [0, 0.1) is 5.82 Å². The molecule has 0 atom stereocenters. The fourth-order valence-corrected chi connectivity index (χ4v) is 2.84. The summed E-state index contributed by atoms with van der Waals surface area (Å²) in [7, 11) is 0. The van der Waals surface area contributed by atoms with Gasteiger partial charge in [0.05, 0.1) is 5.69 Å². The molecule has 1 aromatic carbocycles. The average molecular weight is 319 g/mol. The second kappa shape index (κ2) is 4.76. The number of oxazole rings is 1. The molecular formula is C17H10FN5O. The Balaban J connectivity index is 1.80. The molecule has 5 rings (SSSR count). The smallest absolute Gasteiger partial charge is 0.306 e. The molecule has 0 amide bonds. The predicted molar refractivity (Wildman–Crippen MR) is 84.8 cm³/mol. The third-order valence-corrected chi connectivity index (χ3v) is 3.94. The molecule has 4 heterocycles. The minimum Gasteiger partial charge on any atom is -0.432 e. The number of benzene rings is 1. The monoisotopic (exact) mass is 319 g/mol. The van der Waals surface area contributed by atoms with E-state index in [4.69, 9.17) is 4.42 Å². The maximum atomic E-state index is 13.2. The average Bonchev–Trinajstić information content (AvgIpc) is 3.29. The van der Waals surface area contributed by atoms with Crippen LogP contribution in [-0.4, -0.2) is 24.0 Å². The molecule has 0 N–H and O–H groups in total. The molecule has 0 spiro atoms. The van der Waals surface area contributed by atoms with Crippen LogP contribution in [0.1, 0.15) is 0 Å². The Morgan fingerprint density at radius 3 is 2.71 bits per heavy atom. The van der Waals surface area contributed by atoms with Gasteiger partial charge in [0.25, 0.3) is 0 Å². The van der Waals surface area contributed by atoms with E-state index in [9.17, 15) is 4.39 Å². The highest BCUT2D eigenvalue weighted by atomic mass is 19.1. The van der Waals surface area contributed by atoms with E-state index >= 15 is 0 Å². The van der Waals surface area contributed by atoms with E-state index in [1.54, 1.807) is 30.9 Å². The first-order valence-electron chi connectivity index (χ1n) is 7.31. The minimum atomic E-state index is -0.283. The van der Waals surface area contributed by atoms with Crippen LogP contribution in [0.3, 0.4) is 0 Å². The van der Waals surface area contributed by atoms with Crippen molar-refractivity contribution >= 4 is 11.5 Å². The third-order valence-electron chi connectivity index (χ3n) is 3.94. The van der Waals surface area contributed by atoms with Crippen LogP contribution in [0.5, 0.6) is 0 Å². The summed E-state index contributed by atoms with van der Waals surface area (Å²) in [5.41, 5.74) is 4.09. The molecule has 5 aromatic rings. The van der Waals surface area contributed by atoms with Gasteiger partial charge in [-0.15, -0.1) is 10.2 Å². The molecule has 0 aliphatic heterocycles. The van der Waals surface area contributed by atoms with E-state index in [2.05, 4.69) is 15.2 Å². The number of halogens is 1. The maximum absolute atomic E-state index is 13.2. The van der Waals surface area contributed by atoms with Crippen LogP contribution in [0.15, 0.2) is 65.8 Å². The van der Waals surface area contributed by atoms with Gasteiger partial charge in [0.1, 0.15) is 24.1 Å². The lowest BCUT2D eigenvalue weighted by Gasteiger charge is -2.05. The summed E-state index contributed by atoms with van der Waals surface area (Å²) >= 11 is 0. The fraction of sp³-hybridized carbons (Fsp3) is 0. The van der Waals surface area contributed by atoms with Crippen LogP contribution in [-0.2, 0) is 0 Å². The standard InChI is InChI=1S/C17H10FN5O/c18-13-4-1-11(2-5-13)15-16(23-7-8-24-17(23)20-15)12-3-6-14-21-19-10-22(14)9-12/h1-10H. The SMILES string of the molecule is Fc1ccc(-c2nc3occn3c2-c2ccc3nncn3c2)cc1. The van der Waals surface area contributed by atoms with Crippen LogP contribution in [0.2, 0.25) is 0 Å². The topological polar surface area (TPSA) is 60.6 Å². The zero-order chi connectivity index (χ0) is 16.1. The van der Waals surface area contributed by atoms with E-state index in [0.29, 0.717) is 5.84 Å². The Kier molecular flexibility index (Phi) is 2.58. The fourth-order valence-electron chi connectivity index (χ4n) is 2.84. The number of rotatable bonds is 2. The normalized spacial score (nSPS) is 11.5. The van der Waals surface area contributed by atoms with E-state index in [1.165, 1.54) is 12.1 Å². The van der Waals surface area contributed by atoms with Crippen molar-refractivity contribution in [2.24, 2.45) is 0 Å². The van der Waals surface area contributed by atoms with Crippen LogP contribution >= 0.6 is 0 Å². The molecule has 7 heteroatoms. The summed E-state index contributed by atoms with van der Waals surface area (Å²) in [6.07, 6.45) is 6.96. The van der Waals surface area contributed by atoms with Gasteiger partial charge in [-0.1, -0.05) is 0 Å². The van der Waals surface area contributed by atoms with Gasteiger partial charge in [-0.3, -0.25) is 8.80 Å². The molecular weight excluding hydrogens is 309 g/mol. The number of hydrogen-bond donors (Lipinski definition) is 0. The zero-order valence-corrected chi connectivity index (χ0v) is 12.3. The van der Waals surface area contributed by atoms with Crippen molar-refractivity contribution in [3.8, 4) is 22.5 Å². The molecule has 6 nitrogen and oxygen atoms in total. The Morgan fingerprint density at radius 2 is 1.83 bits per heavy atom. The number of pyridine rings is 1. The van der Waals surface area contributed by atoms with Crippen LogP contribution < -0.4 is 0 Å². The van der Waals surface area contributed by atoms with Crippen molar-refractivity contribution in [3.63, 3.8) is 0 Å². The highest BCUT2D eigenvalue weighted by Crippen LogP contribution is 2.33. The molecule has 0 saturated heterocycles. The van der Waals surface area contributed by atoms with Gasteiger partial charge < -0.3 is 4.42 Å². The number of aromatic nitrogens is 5. The lowest BCUT2D eigenvalue weighted by atomic mass is 10.1. The van der Waals surface area contributed by atoms with E-state index in [-0.39, 0.29) is 5.82 Å². The number of nitrogens with zero attached hydrogens (tertiary/aromatic N) is 5. The van der Waals surface area contributed by atoms with Gasteiger partial charge in [-0.05, 0) is 36.4 Å². The van der Waals surface area contributed by atoms with Gasteiger partial charge in [0.15, 0.2) is 5.65 Å². The first kappa shape index (κ1) is 13.0. The molecule has 0 unspecified atom stereocenters. The van der Waals surface area contributed by atoms with Crippen molar-refractivity contribution < 1.29 is 8.81 Å². The molecule has 0 aliphatic carbocycles. The molecule has 0 fully saturated rings. The van der Waals surface area contributed by atoms with Crippen LogP contribution in [0.25, 0.3) is 34.0 Å². The summed E-state index contributed by atoms with van der Waals surface area (Å²) in [6, 6.07) is 10.1. The zero-order valence-electron chi connectivity index (χ0n) is 12.3. The lowest BCUT2D eigenvalue weighted by molar-refractivity contribution is 0.596. The Labute approximate surface area is 134 Å². The summed E-state index contributed by atoms with van der Waals surface area (Å²) in [4.78, 5) is 4.55. The molecule has 116 valence electrons. The largest absolute Gasteiger partial charge is 0.432 e. The Hall–Kier alpha value is -3.48. The summed E-state index contributed by atoms with van der Waals surface area (Å²) in [5, 5.41) is 7.91. The Bertz CT molecular complexity index is 1170. The molecule has 24 heavy (non-hydrogen) atoms. The highest BCUT2D eigenvalue weighted by Gasteiger charge is 2.18. The van der Waals surface area contributed by atoms with Crippen LogP contribution in [0.4, 0.5) is 4.39 Å². The number of imidazole rings is 1. The van der Waals surface area contributed by atoms with Gasteiger partial charge in [-0.25, -0.2) is 4.39 Å². The van der Waals surface area contributed by atoms with E-state index in [1.807, 2.05) is 27.1 Å². The molecule has 4 aromatic heterocycles. The lowest BCUT2D eigenvalue weighted by Crippen LogP contribution is -1.91. The number of hydrogen-bond acceptors (Lipinski definition) is 4. The quantitative estimate of drug-likeness (QED) is 0.500. The van der Waals surface area contributed by atoms with Crippen molar-refractivity contribution in [2.45, 2.75) is 0 Å². The van der Waals surface area contributed by atoms with E-state index < -0.39 is 0 Å². The second-order valence-electron chi connectivity index (χ2n) is 5.39. The van der Waals surface area contributed by atoms with Gasteiger partial charge >= 0.3 is 5.84 Å². The summed E-state index contributed by atoms with van der Waals surface area (Å²) in [6.45, 7) is 0. The highest BCUT2D eigenvalue weighted by molar-refractivity contribution is 5.81. The summed E-state index contributed by atoms with van der Waals surface area (Å²) in [5.74, 6) is 0.197. The van der Waals surface area contributed by atoms with Crippen molar-refractivity contribution in [2.75, 3.05) is 0 Å². The third kappa shape index (κ3) is 1.84. The molecule has 0 radical (unpaired) electrons. The van der Waals surface area contributed by atoms with Crippen molar-refractivity contribution in [1.82, 2.24) is 24.0 Å². The van der Waals surface area contributed by atoms with E-state index in [0.717, 1.165) is 28.2 Å². The minimum absolute atomic E-state index is 0.283. The predicted octanol–water partition coefficient (Wildman–Crippen LogP) is 3.44. The molecule has 0 bridgehead atoms. The first-order chi connectivity index (χ1) is 11.8. The second-order valence-corrected chi connectivity index (χ2v) is 5.39. The van der Waals surface area contributed by atoms with Gasteiger partial charge in [0.2, 0.25) is 0 Å². The van der Waals surface area contributed by atoms with Gasteiger partial charge in [-0.2, -0.15) is 4.98 Å². The summed E-state index contributed by atoms with van der Waals surface area (Å²) < 4.78 is 22.4. The number of fused-ring (bicyclic) bond motifs is 2. The molecule has 0 aliphatic rings. The first-order valence-corrected chi connectivity index (χ1v) is 7.31. The van der Waals surface area contributed by atoms with Crippen molar-refractivity contribution in [3.05, 3.63) is 67.2 Å². The van der Waals surface area contributed by atoms with Crippen molar-refractivity contribution in [1.29, 1.82) is 0 Å². The van der Waals surface area contributed by atoms with Gasteiger partial charge in [0, 0.05) is 23.5 Å². The Morgan fingerprint density at radius 1 is 1.00 bits per heavy atom.